The van der Waals surface area contributed by atoms with Gasteiger partial charge in [0.25, 0.3) is 0 Å². The van der Waals surface area contributed by atoms with Gasteiger partial charge in [0, 0.05) is 12.7 Å². The lowest BCUT2D eigenvalue weighted by Gasteiger charge is -2.09. The minimum atomic E-state index is 0.765. The molecule has 0 aliphatic carbocycles. The van der Waals surface area contributed by atoms with Gasteiger partial charge < -0.3 is 5.32 Å². The summed E-state index contributed by atoms with van der Waals surface area (Å²) in [5, 5.41) is 7.83. The highest BCUT2D eigenvalue weighted by Crippen LogP contribution is 2.22. The molecule has 0 radical (unpaired) electrons. The van der Waals surface area contributed by atoms with E-state index in [9.17, 15) is 0 Å². The van der Waals surface area contributed by atoms with E-state index in [1.165, 1.54) is 11.1 Å². The second-order valence-electron chi connectivity index (χ2n) is 4.70. The fraction of sp³-hybridized carbons (Fsp3) is 0.357. The van der Waals surface area contributed by atoms with Crippen LogP contribution in [0.5, 0.6) is 0 Å². The van der Waals surface area contributed by atoms with Crippen molar-refractivity contribution >= 4 is 21.6 Å². The maximum atomic E-state index is 4.39. The van der Waals surface area contributed by atoms with Gasteiger partial charge in [-0.2, -0.15) is 5.10 Å². The standard InChI is InChI=1S/C14H18BrN3/c1-9-5-10(2)7-12(6-9)16-8-13-14(15)11(3)17-18(13)4/h5-7,16H,8H2,1-4H3. The maximum Gasteiger partial charge on any atom is 0.0739 e. The normalized spacial score (nSPS) is 10.7. The summed E-state index contributed by atoms with van der Waals surface area (Å²) < 4.78 is 3.00. The number of aryl methyl sites for hydroxylation is 4. The summed E-state index contributed by atoms with van der Waals surface area (Å²) in [6.45, 7) is 7.00. The first-order valence-electron chi connectivity index (χ1n) is 5.97. The molecule has 0 saturated carbocycles. The zero-order valence-electron chi connectivity index (χ0n) is 11.2. The number of nitrogens with one attached hydrogen (secondary N) is 1. The largest absolute Gasteiger partial charge is 0.379 e. The summed E-state index contributed by atoms with van der Waals surface area (Å²) >= 11 is 3.58. The van der Waals surface area contributed by atoms with Crippen LogP contribution in [0.3, 0.4) is 0 Å². The van der Waals surface area contributed by atoms with Gasteiger partial charge in [-0.25, -0.2) is 0 Å². The Morgan fingerprint density at radius 1 is 1.17 bits per heavy atom. The zero-order valence-corrected chi connectivity index (χ0v) is 12.8. The van der Waals surface area contributed by atoms with Gasteiger partial charge in [-0.15, -0.1) is 0 Å². The van der Waals surface area contributed by atoms with Crippen molar-refractivity contribution < 1.29 is 0 Å². The molecule has 18 heavy (non-hydrogen) atoms. The Bertz CT molecular complexity index is 552. The average Bonchev–Trinajstić information content (AvgIpc) is 2.50. The Labute approximate surface area is 116 Å². The molecule has 0 bridgehead atoms. The van der Waals surface area contributed by atoms with E-state index in [1.54, 1.807) is 0 Å². The average molecular weight is 308 g/mol. The zero-order chi connectivity index (χ0) is 13.3. The number of anilines is 1. The highest BCUT2D eigenvalue weighted by atomic mass is 79.9. The van der Waals surface area contributed by atoms with Crippen molar-refractivity contribution in [1.82, 2.24) is 9.78 Å². The van der Waals surface area contributed by atoms with E-state index in [2.05, 4.69) is 58.4 Å². The second-order valence-corrected chi connectivity index (χ2v) is 5.49. The summed E-state index contributed by atoms with van der Waals surface area (Å²) in [5.74, 6) is 0. The molecule has 0 spiro atoms. The van der Waals surface area contributed by atoms with E-state index in [-0.39, 0.29) is 0 Å². The van der Waals surface area contributed by atoms with E-state index >= 15 is 0 Å². The van der Waals surface area contributed by atoms with Crippen LogP contribution in [0.25, 0.3) is 0 Å². The summed E-state index contributed by atoms with van der Waals surface area (Å²) in [6.07, 6.45) is 0. The fourth-order valence-electron chi connectivity index (χ4n) is 2.13. The number of nitrogens with zero attached hydrogens (tertiary/aromatic N) is 2. The molecule has 2 rings (SSSR count). The first-order chi connectivity index (χ1) is 8.47. The lowest BCUT2D eigenvalue weighted by Crippen LogP contribution is -2.06. The SMILES string of the molecule is Cc1cc(C)cc(NCc2c(Br)c(C)nn2C)c1. The van der Waals surface area contributed by atoms with Crippen molar-refractivity contribution in [3.05, 3.63) is 45.2 Å². The van der Waals surface area contributed by atoms with Gasteiger partial charge in [-0.1, -0.05) is 6.07 Å². The van der Waals surface area contributed by atoms with Crippen molar-refractivity contribution in [2.24, 2.45) is 7.05 Å². The minimum Gasteiger partial charge on any atom is -0.379 e. The third-order valence-electron chi connectivity index (χ3n) is 2.94. The van der Waals surface area contributed by atoms with Crippen LogP contribution in [0.4, 0.5) is 5.69 Å². The number of hydrogen-bond donors (Lipinski definition) is 1. The first kappa shape index (κ1) is 13.1. The van der Waals surface area contributed by atoms with Crippen LogP contribution in [0, 0.1) is 20.8 Å². The quantitative estimate of drug-likeness (QED) is 0.936. The molecule has 4 heteroatoms. The van der Waals surface area contributed by atoms with Crippen molar-refractivity contribution in [3.8, 4) is 0 Å². The minimum absolute atomic E-state index is 0.765. The molecule has 0 fully saturated rings. The maximum absolute atomic E-state index is 4.39. The Balaban J connectivity index is 2.16. The van der Waals surface area contributed by atoms with Crippen LogP contribution < -0.4 is 5.32 Å². The van der Waals surface area contributed by atoms with Crippen LogP contribution in [-0.4, -0.2) is 9.78 Å². The van der Waals surface area contributed by atoms with Crippen LogP contribution in [-0.2, 0) is 13.6 Å². The van der Waals surface area contributed by atoms with Crippen LogP contribution in [0.1, 0.15) is 22.5 Å². The van der Waals surface area contributed by atoms with E-state index in [0.717, 1.165) is 28.1 Å². The van der Waals surface area contributed by atoms with E-state index in [0.29, 0.717) is 0 Å². The highest BCUT2D eigenvalue weighted by Gasteiger charge is 2.09. The summed E-state index contributed by atoms with van der Waals surface area (Å²) in [6, 6.07) is 6.49. The molecule has 0 aliphatic heterocycles. The summed E-state index contributed by atoms with van der Waals surface area (Å²) in [7, 11) is 1.97. The molecule has 1 aromatic carbocycles. The van der Waals surface area contributed by atoms with E-state index in [1.807, 2.05) is 18.7 Å². The Morgan fingerprint density at radius 2 is 1.78 bits per heavy atom. The molecule has 0 unspecified atom stereocenters. The molecule has 0 atom stereocenters. The number of rotatable bonds is 3. The molecule has 0 amide bonds. The smallest absolute Gasteiger partial charge is 0.0739 e. The molecular weight excluding hydrogens is 290 g/mol. The molecular formula is C14H18BrN3. The van der Waals surface area contributed by atoms with Gasteiger partial charge in [0.15, 0.2) is 0 Å². The van der Waals surface area contributed by atoms with Crippen LogP contribution in [0.2, 0.25) is 0 Å². The number of halogens is 1. The highest BCUT2D eigenvalue weighted by molar-refractivity contribution is 9.10. The third kappa shape index (κ3) is 2.75. The van der Waals surface area contributed by atoms with Gasteiger partial charge in [-0.05, 0) is 60.0 Å². The molecule has 1 N–H and O–H groups in total. The Kier molecular flexibility index (Phi) is 3.76. The van der Waals surface area contributed by atoms with Crippen molar-refractivity contribution in [2.45, 2.75) is 27.3 Å². The lowest BCUT2D eigenvalue weighted by molar-refractivity contribution is 0.712. The Morgan fingerprint density at radius 3 is 2.28 bits per heavy atom. The van der Waals surface area contributed by atoms with Crippen molar-refractivity contribution in [3.63, 3.8) is 0 Å². The predicted molar refractivity (Wildman–Crippen MR) is 78.9 cm³/mol. The summed E-state index contributed by atoms with van der Waals surface area (Å²) in [5.41, 5.74) is 5.88. The topological polar surface area (TPSA) is 29.9 Å². The van der Waals surface area contributed by atoms with E-state index < -0.39 is 0 Å². The second kappa shape index (κ2) is 5.14. The Hall–Kier alpha value is -1.29. The van der Waals surface area contributed by atoms with Crippen molar-refractivity contribution in [1.29, 1.82) is 0 Å². The first-order valence-corrected chi connectivity index (χ1v) is 6.77. The van der Waals surface area contributed by atoms with Crippen LogP contribution in [0.15, 0.2) is 22.7 Å². The number of hydrogen-bond acceptors (Lipinski definition) is 2. The molecule has 0 saturated heterocycles. The number of aromatic nitrogens is 2. The molecule has 0 aliphatic rings. The van der Waals surface area contributed by atoms with E-state index in [4.69, 9.17) is 0 Å². The third-order valence-corrected chi connectivity index (χ3v) is 3.97. The van der Waals surface area contributed by atoms with Gasteiger partial charge in [-0.3, -0.25) is 4.68 Å². The fourth-order valence-corrected chi connectivity index (χ4v) is 2.61. The van der Waals surface area contributed by atoms with Gasteiger partial charge in [0.1, 0.15) is 0 Å². The molecule has 96 valence electrons. The monoisotopic (exact) mass is 307 g/mol. The number of benzene rings is 1. The predicted octanol–water partition coefficient (Wildman–Crippen LogP) is 3.72. The molecule has 1 aromatic heterocycles. The summed E-state index contributed by atoms with van der Waals surface area (Å²) in [4.78, 5) is 0. The molecule has 1 heterocycles. The van der Waals surface area contributed by atoms with Gasteiger partial charge in [0.2, 0.25) is 0 Å². The van der Waals surface area contributed by atoms with Crippen LogP contribution >= 0.6 is 15.9 Å². The van der Waals surface area contributed by atoms with Gasteiger partial charge >= 0.3 is 0 Å². The van der Waals surface area contributed by atoms with Crippen molar-refractivity contribution in [2.75, 3.05) is 5.32 Å². The molecule has 3 nitrogen and oxygen atoms in total. The van der Waals surface area contributed by atoms with Gasteiger partial charge in [0.05, 0.1) is 22.4 Å². The molecule has 2 aromatic rings. The lowest BCUT2D eigenvalue weighted by atomic mass is 10.1.